The predicted molar refractivity (Wildman–Crippen MR) is 88.6 cm³/mol. The minimum atomic E-state index is -0.652. The highest BCUT2D eigenvalue weighted by molar-refractivity contribution is 9.10. The number of nitrogens with zero attached hydrogens (tertiary/aromatic N) is 1. The van der Waals surface area contributed by atoms with Crippen LogP contribution in [-0.4, -0.2) is 43.6 Å². The average Bonchev–Trinajstić information content (AvgIpc) is 2.45. The minimum Gasteiger partial charge on any atom is -0.444 e. The summed E-state index contributed by atoms with van der Waals surface area (Å²) in [5, 5.41) is 0. The summed E-state index contributed by atoms with van der Waals surface area (Å²) in [6.07, 6.45) is -1.19. The summed E-state index contributed by atoms with van der Waals surface area (Å²) in [4.78, 5) is 13.7. The first-order valence-corrected chi connectivity index (χ1v) is 7.93. The lowest BCUT2D eigenvalue weighted by Gasteiger charge is -2.29. The molecular formula is C16H23BrFNO4. The van der Waals surface area contributed by atoms with Crippen molar-refractivity contribution in [3.05, 3.63) is 34.1 Å². The molecule has 0 aromatic heterocycles. The summed E-state index contributed by atoms with van der Waals surface area (Å²) >= 11 is 3.30. The summed E-state index contributed by atoms with van der Waals surface area (Å²) in [5.41, 5.74) is -0.281. The van der Waals surface area contributed by atoms with Crippen molar-refractivity contribution in [3.63, 3.8) is 0 Å². The van der Waals surface area contributed by atoms with Gasteiger partial charge in [0.15, 0.2) is 6.29 Å². The molecule has 23 heavy (non-hydrogen) atoms. The molecule has 0 saturated carbocycles. The van der Waals surface area contributed by atoms with E-state index in [1.807, 2.05) is 0 Å². The summed E-state index contributed by atoms with van der Waals surface area (Å²) in [6.45, 7) is 5.48. The molecule has 0 bridgehead atoms. The number of halogens is 2. The fraction of sp³-hybridized carbons (Fsp3) is 0.562. The molecule has 0 aliphatic rings. The Balaban J connectivity index is 2.98. The third-order valence-corrected chi connectivity index (χ3v) is 3.41. The Labute approximate surface area is 144 Å². The average molecular weight is 392 g/mol. The van der Waals surface area contributed by atoms with Gasteiger partial charge in [-0.3, -0.25) is 4.90 Å². The van der Waals surface area contributed by atoms with Gasteiger partial charge in [0.05, 0.1) is 13.1 Å². The number of methoxy groups -OCH3 is 2. The number of hydrogen-bond donors (Lipinski definition) is 0. The van der Waals surface area contributed by atoms with Gasteiger partial charge in [0.25, 0.3) is 0 Å². The van der Waals surface area contributed by atoms with Gasteiger partial charge in [0.2, 0.25) is 0 Å². The van der Waals surface area contributed by atoms with E-state index in [9.17, 15) is 9.18 Å². The fourth-order valence-electron chi connectivity index (χ4n) is 1.83. The Morgan fingerprint density at radius 3 is 2.43 bits per heavy atom. The number of rotatable bonds is 6. The molecule has 1 rings (SSSR count). The maximum atomic E-state index is 14.0. The molecule has 7 heteroatoms. The molecule has 0 aliphatic carbocycles. The van der Waals surface area contributed by atoms with Crippen LogP contribution in [0.4, 0.5) is 9.18 Å². The van der Waals surface area contributed by atoms with Gasteiger partial charge in [-0.05, 0) is 39.0 Å². The minimum absolute atomic E-state index is 0.0450. The maximum absolute atomic E-state index is 14.0. The van der Waals surface area contributed by atoms with Crippen LogP contribution < -0.4 is 0 Å². The van der Waals surface area contributed by atoms with Crippen LogP contribution in [0.2, 0.25) is 0 Å². The van der Waals surface area contributed by atoms with Crippen molar-refractivity contribution in [1.82, 2.24) is 4.90 Å². The van der Waals surface area contributed by atoms with Crippen molar-refractivity contribution in [3.8, 4) is 0 Å². The van der Waals surface area contributed by atoms with Gasteiger partial charge in [-0.25, -0.2) is 9.18 Å². The lowest BCUT2D eigenvalue weighted by atomic mass is 10.2. The second kappa shape index (κ2) is 8.61. The normalized spacial score (nSPS) is 11.7. The predicted octanol–water partition coefficient (Wildman–Crippen LogP) is 3.94. The molecule has 130 valence electrons. The molecule has 0 unspecified atom stereocenters. The van der Waals surface area contributed by atoms with Crippen LogP contribution in [0.5, 0.6) is 0 Å². The quantitative estimate of drug-likeness (QED) is 0.688. The van der Waals surface area contributed by atoms with Gasteiger partial charge in [-0.2, -0.15) is 0 Å². The first-order valence-electron chi connectivity index (χ1n) is 7.13. The van der Waals surface area contributed by atoms with Gasteiger partial charge in [0, 0.05) is 24.3 Å². The third kappa shape index (κ3) is 6.85. The van der Waals surface area contributed by atoms with E-state index in [2.05, 4.69) is 15.9 Å². The van der Waals surface area contributed by atoms with Crippen LogP contribution >= 0.6 is 15.9 Å². The Hall–Kier alpha value is -1.18. The van der Waals surface area contributed by atoms with Crippen LogP contribution in [0.3, 0.4) is 0 Å². The van der Waals surface area contributed by atoms with E-state index in [4.69, 9.17) is 14.2 Å². The van der Waals surface area contributed by atoms with E-state index < -0.39 is 23.8 Å². The highest BCUT2D eigenvalue weighted by Crippen LogP contribution is 2.19. The molecule has 1 aromatic rings. The zero-order valence-corrected chi connectivity index (χ0v) is 15.6. The van der Waals surface area contributed by atoms with Crippen molar-refractivity contribution in [2.75, 3.05) is 20.8 Å². The van der Waals surface area contributed by atoms with Gasteiger partial charge >= 0.3 is 6.09 Å². The summed E-state index contributed by atoms with van der Waals surface area (Å²) in [7, 11) is 2.95. The fourth-order valence-corrected chi connectivity index (χ4v) is 2.23. The van der Waals surface area contributed by atoms with Gasteiger partial charge < -0.3 is 14.2 Å². The molecule has 0 saturated heterocycles. The van der Waals surface area contributed by atoms with Crippen molar-refractivity contribution < 1.29 is 23.4 Å². The van der Waals surface area contributed by atoms with E-state index >= 15 is 0 Å². The molecule has 0 fully saturated rings. The van der Waals surface area contributed by atoms with E-state index in [0.717, 1.165) is 4.47 Å². The molecule has 0 heterocycles. The van der Waals surface area contributed by atoms with Crippen molar-refractivity contribution in [2.24, 2.45) is 0 Å². The Morgan fingerprint density at radius 1 is 1.30 bits per heavy atom. The largest absolute Gasteiger partial charge is 0.444 e. The molecule has 0 spiro atoms. The third-order valence-electron chi connectivity index (χ3n) is 2.92. The number of ether oxygens (including phenoxy) is 3. The van der Waals surface area contributed by atoms with Crippen LogP contribution in [0.25, 0.3) is 0 Å². The number of amides is 1. The summed E-state index contributed by atoms with van der Waals surface area (Å²) < 4.78 is 30.3. The standard InChI is InChI=1S/C16H23BrFNO4/c1-16(2,3)23-15(20)19(10-14(21-4)22-5)9-11-8-12(17)6-7-13(11)18/h6-8,14H,9-10H2,1-5H3. The van der Waals surface area contributed by atoms with Crippen LogP contribution in [-0.2, 0) is 20.8 Å². The SMILES string of the molecule is COC(CN(Cc1cc(Br)ccc1F)C(=O)OC(C)(C)C)OC. The molecule has 1 aromatic carbocycles. The van der Waals surface area contributed by atoms with Crippen molar-refractivity contribution in [1.29, 1.82) is 0 Å². The summed E-state index contributed by atoms with van der Waals surface area (Å²) in [5.74, 6) is -0.395. The van der Waals surface area contributed by atoms with Gasteiger partial charge in [-0.15, -0.1) is 0 Å². The topological polar surface area (TPSA) is 48.0 Å². The molecule has 0 N–H and O–H groups in total. The molecule has 0 atom stereocenters. The van der Waals surface area contributed by atoms with E-state index in [-0.39, 0.29) is 13.1 Å². The lowest BCUT2D eigenvalue weighted by Crippen LogP contribution is -2.41. The number of carbonyl (C=O) groups is 1. The van der Waals surface area contributed by atoms with Crippen LogP contribution in [0.1, 0.15) is 26.3 Å². The zero-order chi connectivity index (χ0) is 17.6. The molecular weight excluding hydrogens is 369 g/mol. The second-order valence-corrected chi connectivity index (χ2v) is 6.91. The zero-order valence-electron chi connectivity index (χ0n) is 14.1. The van der Waals surface area contributed by atoms with Crippen LogP contribution in [0.15, 0.2) is 22.7 Å². The smallest absolute Gasteiger partial charge is 0.410 e. The van der Waals surface area contributed by atoms with E-state index in [1.165, 1.54) is 25.2 Å². The highest BCUT2D eigenvalue weighted by atomic mass is 79.9. The molecule has 0 radical (unpaired) electrons. The first kappa shape index (κ1) is 19.9. The lowest BCUT2D eigenvalue weighted by molar-refractivity contribution is -0.116. The number of benzene rings is 1. The molecule has 0 aliphatic heterocycles. The van der Waals surface area contributed by atoms with Gasteiger partial charge in [-0.1, -0.05) is 15.9 Å². The van der Waals surface area contributed by atoms with Gasteiger partial charge in [0.1, 0.15) is 11.4 Å². The monoisotopic (exact) mass is 391 g/mol. The maximum Gasteiger partial charge on any atom is 0.410 e. The van der Waals surface area contributed by atoms with E-state index in [1.54, 1.807) is 32.9 Å². The van der Waals surface area contributed by atoms with E-state index in [0.29, 0.717) is 5.56 Å². The second-order valence-electron chi connectivity index (χ2n) is 6.00. The first-order chi connectivity index (χ1) is 10.7. The van der Waals surface area contributed by atoms with Crippen LogP contribution in [0, 0.1) is 5.82 Å². The molecule has 5 nitrogen and oxygen atoms in total. The molecule has 1 amide bonds. The Bertz CT molecular complexity index is 529. The number of hydrogen-bond acceptors (Lipinski definition) is 4. The Morgan fingerprint density at radius 2 is 1.91 bits per heavy atom. The highest BCUT2D eigenvalue weighted by Gasteiger charge is 2.25. The Kier molecular flexibility index (Phi) is 7.44. The van der Waals surface area contributed by atoms with Crippen molar-refractivity contribution >= 4 is 22.0 Å². The van der Waals surface area contributed by atoms with Crippen molar-refractivity contribution in [2.45, 2.75) is 39.2 Å². The number of carbonyl (C=O) groups excluding carboxylic acids is 1. The summed E-state index contributed by atoms with van der Waals surface area (Å²) in [6, 6.07) is 4.57.